The van der Waals surface area contributed by atoms with Crippen molar-refractivity contribution in [3.8, 4) is 6.01 Å². The lowest BCUT2D eigenvalue weighted by atomic mass is 10.3. The lowest BCUT2D eigenvalue weighted by Crippen LogP contribution is -2.04. The first-order valence-corrected chi connectivity index (χ1v) is 7.29. The topological polar surface area (TPSA) is 47.0 Å². The van der Waals surface area contributed by atoms with Gasteiger partial charge in [0.15, 0.2) is 11.6 Å². The zero-order valence-electron chi connectivity index (χ0n) is 11.3. The number of ether oxygens (including phenoxy) is 1. The van der Waals surface area contributed by atoms with Crippen molar-refractivity contribution in [1.82, 2.24) is 9.97 Å². The molecule has 0 spiro atoms. The summed E-state index contributed by atoms with van der Waals surface area (Å²) in [5.74, 6) is -1.32. The maximum Gasteiger partial charge on any atom is 0.318 e. The van der Waals surface area contributed by atoms with E-state index in [1.165, 1.54) is 23.5 Å². The number of nitrogens with zero attached hydrogens (tertiary/aromatic N) is 2. The minimum atomic E-state index is -0.688. The van der Waals surface area contributed by atoms with Crippen molar-refractivity contribution >= 4 is 22.8 Å². The van der Waals surface area contributed by atoms with Crippen LogP contribution in [0.25, 0.3) is 0 Å². The minimum absolute atomic E-state index is 0.0219. The number of halogens is 2. The van der Waals surface area contributed by atoms with Gasteiger partial charge in [0, 0.05) is 4.88 Å². The van der Waals surface area contributed by atoms with Crippen molar-refractivity contribution in [2.75, 3.05) is 5.32 Å². The van der Waals surface area contributed by atoms with Crippen molar-refractivity contribution in [3.63, 3.8) is 0 Å². The molecule has 4 nitrogen and oxygen atoms in total. The number of hydrogen-bond acceptors (Lipinski definition) is 5. The Balaban J connectivity index is 1.76. The molecule has 2 aromatic heterocycles. The van der Waals surface area contributed by atoms with Gasteiger partial charge >= 0.3 is 6.01 Å². The quantitative estimate of drug-likeness (QED) is 0.768. The van der Waals surface area contributed by atoms with Crippen LogP contribution in [0.15, 0.2) is 48.0 Å². The number of aromatic nitrogens is 2. The molecule has 3 aromatic rings. The monoisotopic (exact) mass is 319 g/mol. The normalized spacial score (nSPS) is 10.5. The number of hydrogen-bond donors (Lipinski definition) is 1. The molecule has 0 saturated heterocycles. The van der Waals surface area contributed by atoms with Gasteiger partial charge in [-0.1, -0.05) is 18.2 Å². The highest BCUT2D eigenvalue weighted by Crippen LogP contribution is 2.22. The molecular formula is C15H11F2N3OS. The Hall–Kier alpha value is -2.54. The molecule has 0 atom stereocenters. The molecule has 112 valence electrons. The summed E-state index contributed by atoms with van der Waals surface area (Å²) in [5, 5.41) is 4.52. The van der Waals surface area contributed by atoms with Gasteiger partial charge in [0.25, 0.3) is 0 Å². The van der Waals surface area contributed by atoms with Crippen LogP contribution in [0, 0.1) is 11.6 Å². The van der Waals surface area contributed by atoms with E-state index in [9.17, 15) is 8.78 Å². The predicted molar refractivity (Wildman–Crippen MR) is 80.3 cm³/mol. The summed E-state index contributed by atoms with van der Waals surface area (Å²) in [7, 11) is 0. The molecule has 7 heteroatoms. The van der Waals surface area contributed by atoms with Gasteiger partial charge in [0.1, 0.15) is 12.4 Å². The largest absolute Gasteiger partial charge is 0.458 e. The van der Waals surface area contributed by atoms with Crippen LogP contribution in [0.4, 0.5) is 20.3 Å². The van der Waals surface area contributed by atoms with E-state index in [1.54, 1.807) is 12.1 Å². The van der Waals surface area contributed by atoms with Crippen molar-refractivity contribution in [3.05, 3.63) is 64.5 Å². The molecule has 0 radical (unpaired) electrons. The van der Waals surface area contributed by atoms with Crippen LogP contribution in [0.2, 0.25) is 0 Å². The number of anilines is 2. The Labute approximate surface area is 129 Å². The molecule has 0 aliphatic heterocycles. The van der Waals surface area contributed by atoms with E-state index in [1.807, 2.05) is 17.5 Å². The highest BCUT2D eigenvalue weighted by Gasteiger charge is 2.10. The van der Waals surface area contributed by atoms with Crippen LogP contribution in [-0.4, -0.2) is 9.97 Å². The van der Waals surface area contributed by atoms with Crippen molar-refractivity contribution in [1.29, 1.82) is 0 Å². The molecule has 1 N–H and O–H groups in total. The Morgan fingerprint density at radius 3 is 2.73 bits per heavy atom. The standard InChI is InChI=1S/C15H11F2N3OS/c16-11-5-1-2-6-13(11)19-14-12(17)8-18-15(20-14)21-9-10-4-3-7-22-10/h1-8H,9H2,(H,18,19,20). The SMILES string of the molecule is Fc1ccccc1Nc1nc(OCc2cccs2)ncc1F. The number of rotatable bonds is 5. The van der Waals surface area contributed by atoms with E-state index in [0.29, 0.717) is 6.61 Å². The molecule has 0 aliphatic rings. The van der Waals surface area contributed by atoms with Crippen LogP contribution in [0.1, 0.15) is 4.88 Å². The average molecular weight is 319 g/mol. The van der Waals surface area contributed by atoms with Crippen molar-refractivity contribution in [2.45, 2.75) is 6.61 Å². The summed E-state index contributed by atoms with van der Waals surface area (Å²) in [6.07, 6.45) is 0.986. The zero-order valence-corrected chi connectivity index (χ0v) is 12.1. The molecule has 2 heterocycles. The Kier molecular flexibility index (Phi) is 4.24. The van der Waals surface area contributed by atoms with Crippen LogP contribution in [0.5, 0.6) is 6.01 Å². The molecule has 0 saturated carbocycles. The average Bonchev–Trinajstić information content (AvgIpc) is 3.03. The molecule has 0 unspecified atom stereocenters. The van der Waals surface area contributed by atoms with Gasteiger partial charge in [-0.05, 0) is 23.6 Å². The zero-order chi connectivity index (χ0) is 15.4. The summed E-state index contributed by atoms with van der Waals surface area (Å²) in [6.45, 7) is 0.294. The Bertz CT molecular complexity index is 765. The third kappa shape index (κ3) is 3.37. The molecule has 0 aliphatic carbocycles. The molecule has 1 aromatic carbocycles. The third-order valence-electron chi connectivity index (χ3n) is 2.77. The van der Waals surface area contributed by atoms with E-state index in [-0.39, 0.29) is 17.5 Å². The van der Waals surface area contributed by atoms with E-state index in [4.69, 9.17) is 4.74 Å². The Morgan fingerprint density at radius 2 is 1.95 bits per heavy atom. The summed E-state index contributed by atoms with van der Waals surface area (Å²) in [6, 6.07) is 9.78. The van der Waals surface area contributed by atoms with Crippen LogP contribution in [-0.2, 0) is 6.61 Å². The van der Waals surface area contributed by atoms with Gasteiger partial charge in [0.2, 0.25) is 0 Å². The lowest BCUT2D eigenvalue weighted by molar-refractivity contribution is 0.283. The van der Waals surface area contributed by atoms with Crippen LogP contribution in [0.3, 0.4) is 0 Å². The first kappa shape index (κ1) is 14.4. The fraction of sp³-hybridized carbons (Fsp3) is 0.0667. The maximum absolute atomic E-state index is 13.7. The Morgan fingerprint density at radius 1 is 1.09 bits per heavy atom. The van der Waals surface area contributed by atoms with Crippen LogP contribution >= 0.6 is 11.3 Å². The van der Waals surface area contributed by atoms with Gasteiger partial charge < -0.3 is 10.1 Å². The molecule has 3 rings (SSSR count). The highest BCUT2D eigenvalue weighted by atomic mass is 32.1. The molecule has 22 heavy (non-hydrogen) atoms. The van der Waals surface area contributed by atoms with Crippen molar-refractivity contribution in [2.24, 2.45) is 0 Å². The number of thiophene rings is 1. The molecular weight excluding hydrogens is 308 g/mol. The van der Waals surface area contributed by atoms with Crippen molar-refractivity contribution < 1.29 is 13.5 Å². The number of para-hydroxylation sites is 1. The van der Waals surface area contributed by atoms with Gasteiger partial charge in [-0.25, -0.2) is 13.8 Å². The second-order valence-corrected chi connectivity index (χ2v) is 5.35. The second-order valence-electron chi connectivity index (χ2n) is 4.32. The summed E-state index contributed by atoms with van der Waals surface area (Å²) in [5.41, 5.74) is 0.129. The number of benzene rings is 1. The molecule has 0 bridgehead atoms. The fourth-order valence-corrected chi connectivity index (χ4v) is 2.34. The van der Waals surface area contributed by atoms with E-state index >= 15 is 0 Å². The fourth-order valence-electron chi connectivity index (χ4n) is 1.73. The summed E-state index contributed by atoms with van der Waals surface area (Å²) < 4.78 is 32.7. The van der Waals surface area contributed by atoms with Gasteiger partial charge in [-0.15, -0.1) is 11.3 Å². The summed E-state index contributed by atoms with van der Waals surface area (Å²) in [4.78, 5) is 8.69. The lowest BCUT2D eigenvalue weighted by Gasteiger charge is -2.09. The molecule has 0 amide bonds. The first-order chi connectivity index (χ1) is 10.7. The second kappa shape index (κ2) is 6.48. The van der Waals surface area contributed by atoms with Gasteiger partial charge in [0.05, 0.1) is 11.9 Å². The van der Waals surface area contributed by atoms with Crippen LogP contribution < -0.4 is 10.1 Å². The first-order valence-electron chi connectivity index (χ1n) is 6.41. The van der Waals surface area contributed by atoms with Gasteiger partial charge in [-0.3, -0.25) is 0 Å². The van der Waals surface area contributed by atoms with Gasteiger partial charge in [-0.2, -0.15) is 4.98 Å². The number of nitrogens with one attached hydrogen (secondary N) is 1. The minimum Gasteiger partial charge on any atom is -0.458 e. The smallest absolute Gasteiger partial charge is 0.318 e. The maximum atomic E-state index is 13.7. The summed E-state index contributed by atoms with van der Waals surface area (Å²) >= 11 is 1.53. The highest BCUT2D eigenvalue weighted by molar-refractivity contribution is 7.09. The molecule has 0 fully saturated rings. The van der Waals surface area contributed by atoms with E-state index < -0.39 is 11.6 Å². The third-order valence-corrected chi connectivity index (χ3v) is 3.62. The van der Waals surface area contributed by atoms with E-state index in [2.05, 4.69) is 15.3 Å². The van der Waals surface area contributed by atoms with E-state index in [0.717, 1.165) is 11.1 Å². The predicted octanol–water partition coefficient (Wildman–Crippen LogP) is 4.14.